The molecule has 10 heteroatoms. The molecule has 2 aromatic carbocycles. The summed E-state index contributed by atoms with van der Waals surface area (Å²) in [6, 6.07) is 13.9. The number of thioether (sulfide) groups is 1. The molecule has 9 nitrogen and oxygen atoms in total. The summed E-state index contributed by atoms with van der Waals surface area (Å²) in [6.45, 7) is 3.61. The highest BCUT2D eigenvalue weighted by atomic mass is 32.2. The molecule has 1 aromatic heterocycles. The Morgan fingerprint density at radius 2 is 1.88 bits per heavy atom. The SMILES string of the molecule is CCC(=O)Nc1ccccc1-c1nnc(SC(CC)C(=O)Nc2cccc(OC)c2)[nH]c1=O. The van der Waals surface area contributed by atoms with Gasteiger partial charge in [0.2, 0.25) is 11.8 Å². The number of aromatic nitrogens is 3. The molecule has 2 amide bonds. The van der Waals surface area contributed by atoms with Crippen molar-refractivity contribution in [3.05, 3.63) is 58.9 Å². The Hall–Kier alpha value is -3.66. The maximum atomic E-state index is 12.8. The highest BCUT2D eigenvalue weighted by Crippen LogP contribution is 2.26. The number of nitrogens with zero attached hydrogens (tertiary/aromatic N) is 2. The summed E-state index contributed by atoms with van der Waals surface area (Å²) >= 11 is 1.12. The number of H-pyrrole nitrogens is 1. The summed E-state index contributed by atoms with van der Waals surface area (Å²) in [6.07, 6.45) is 0.819. The van der Waals surface area contributed by atoms with Gasteiger partial charge in [-0.05, 0) is 24.6 Å². The quantitative estimate of drug-likeness (QED) is 0.410. The number of nitrogens with one attached hydrogen (secondary N) is 3. The van der Waals surface area contributed by atoms with E-state index in [0.29, 0.717) is 35.5 Å². The van der Waals surface area contributed by atoms with E-state index in [1.165, 1.54) is 0 Å². The molecule has 3 rings (SSSR count). The molecule has 3 aromatic rings. The van der Waals surface area contributed by atoms with Crippen molar-refractivity contribution >= 4 is 35.0 Å². The number of carbonyl (C=O) groups is 2. The number of amides is 2. The van der Waals surface area contributed by atoms with Crippen LogP contribution in [0.3, 0.4) is 0 Å². The summed E-state index contributed by atoms with van der Waals surface area (Å²) in [5, 5.41) is 13.5. The van der Waals surface area contributed by atoms with Crippen molar-refractivity contribution in [1.29, 1.82) is 0 Å². The maximum Gasteiger partial charge on any atom is 0.278 e. The van der Waals surface area contributed by atoms with Crippen LogP contribution in [-0.4, -0.2) is 39.4 Å². The zero-order chi connectivity index (χ0) is 23.8. The molecule has 1 heterocycles. The predicted molar refractivity (Wildman–Crippen MR) is 129 cm³/mol. The standard InChI is InChI=1S/C23H25N5O4S/c1-4-18(21(30)24-14-9-8-10-15(13-14)32-3)33-23-26-22(31)20(27-28-23)16-11-6-7-12-17(16)25-19(29)5-2/h6-13,18H,4-5H2,1-3H3,(H,24,30)(H,25,29)(H,26,28,31). The molecule has 1 atom stereocenters. The Morgan fingerprint density at radius 1 is 1.09 bits per heavy atom. The first-order valence-corrected chi connectivity index (χ1v) is 11.3. The van der Waals surface area contributed by atoms with Crippen LogP contribution in [0.5, 0.6) is 5.75 Å². The molecular weight excluding hydrogens is 442 g/mol. The largest absolute Gasteiger partial charge is 0.497 e. The first kappa shape index (κ1) is 24.0. The predicted octanol–water partition coefficient (Wildman–Crippen LogP) is 3.70. The van der Waals surface area contributed by atoms with E-state index in [1.54, 1.807) is 62.6 Å². The number of hydrogen-bond donors (Lipinski definition) is 3. The van der Waals surface area contributed by atoms with Crippen LogP contribution in [0.25, 0.3) is 11.3 Å². The maximum absolute atomic E-state index is 12.8. The second-order valence-electron chi connectivity index (χ2n) is 6.99. The molecule has 0 fully saturated rings. The Balaban J connectivity index is 1.77. The van der Waals surface area contributed by atoms with Gasteiger partial charge in [-0.15, -0.1) is 10.2 Å². The minimum Gasteiger partial charge on any atom is -0.497 e. The van der Waals surface area contributed by atoms with Crippen LogP contribution >= 0.6 is 11.8 Å². The third-order valence-corrected chi connectivity index (χ3v) is 5.95. The van der Waals surface area contributed by atoms with Gasteiger partial charge in [0.1, 0.15) is 5.75 Å². The van der Waals surface area contributed by atoms with Gasteiger partial charge in [-0.2, -0.15) is 0 Å². The zero-order valence-electron chi connectivity index (χ0n) is 18.5. The average Bonchev–Trinajstić information content (AvgIpc) is 2.83. The van der Waals surface area contributed by atoms with Crippen molar-refractivity contribution in [3.63, 3.8) is 0 Å². The molecule has 0 saturated heterocycles. The van der Waals surface area contributed by atoms with E-state index in [1.807, 2.05) is 6.92 Å². The van der Waals surface area contributed by atoms with E-state index < -0.39 is 10.8 Å². The van der Waals surface area contributed by atoms with Gasteiger partial charge in [-0.3, -0.25) is 19.4 Å². The number of carbonyl (C=O) groups excluding carboxylic acids is 2. The molecule has 3 N–H and O–H groups in total. The average molecular weight is 468 g/mol. The number of ether oxygens (including phenoxy) is 1. The number of hydrogen-bond acceptors (Lipinski definition) is 7. The molecular formula is C23H25N5O4S. The fourth-order valence-corrected chi connectivity index (χ4v) is 3.81. The first-order valence-electron chi connectivity index (χ1n) is 10.4. The summed E-state index contributed by atoms with van der Waals surface area (Å²) in [5.41, 5.74) is 1.18. The van der Waals surface area contributed by atoms with Crippen LogP contribution in [-0.2, 0) is 9.59 Å². The second-order valence-corrected chi connectivity index (χ2v) is 8.18. The fraction of sp³-hybridized carbons (Fsp3) is 0.261. The van der Waals surface area contributed by atoms with Crippen LogP contribution in [0.1, 0.15) is 26.7 Å². The highest BCUT2D eigenvalue weighted by molar-refractivity contribution is 8.00. The molecule has 0 aliphatic rings. The van der Waals surface area contributed by atoms with E-state index in [2.05, 4.69) is 25.8 Å². The van der Waals surface area contributed by atoms with E-state index in [0.717, 1.165) is 11.8 Å². The minimum atomic E-state index is -0.497. The fourth-order valence-electron chi connectivity index (χ4n) is 2.97. The first-order chi connectivity index (χ1) is 15.9. The Kier molecular flexibility index (Phi) is 8.20. The molecule has 1 unspecified atom stereocenters. The molecule has 0 bridgehead atoms. The minimum absolute atomic E-state index is 0.0835. The van der Waals surface area contributed by atoms with Crippen LogP contribution in [0.15, 0.2) is 58.5 Å². The number of rotatable bonds is 9. The van der Waals surface area contributed by atoms with Crippen LogP contribution in [0, 0.1) is 0 Å². The van der Waals surface area contributed by atoms with Crippen molar-refractivity contribution in [3.8, 4) is 17.0 Å². The lowest BCUT2D eigenvalue weighted by Gasteiger charge is -2.14. The van der Waals surface area contributed by atoms with E-state index in [4.69, 9.17) is 4.74 Å². The summed E-state index contributed by atoms with van der Waals surface area (Å²) in [4.78, 5) is 40.0. The van der Waals surface area contributed by atoms with Gasteiger partial charge in [-0.25, -0.2) is 0 Å². The molecule has 0 spiro atoms. The van der Waals surface area contributed by atoms with Gasteiger partial charge >= 0.3 is 0 Å². The Morgan fingerprint density at radius 3 is 2.58 bits per heavy atom. The van der Waals surface area contributed by atoms with Crippen molar-refractivity contribution in [1.82, 2.24) is 15.2 Å². The van der Waals surface area contributed by atoms with Crippen LogP contribution in [0.2, 0.25) is 0 Å². The number of benzene rings is 2. The van der Waals surface area contributed by atoms with Crippen molar-refractivity contribution in [2.75, 3.05) is 17.7 Å². The van der Waals surface area contributed by atoms with Crippen molar-refractivity contribution < 1.29 is 14.3 Å². The number of methoxy groups -OCH3 is 1. The molecule has 33 heavy (non-hydrogen) atoms. The van der Waals surface area contributed by atoms with Gasteiger partial charge in [-0.1, -0.05) is 49.9 Å². The number of aromatic amines is 1. The monoisotopic (exact) mass is 467 g/mol. The smallest absolute Gasteiger partial charge is 0.278 e. The molecule has 0 radical (unpaired) electrons. The normalized spacial score (nSPS) is 11.5. The summed E-state index contributed by atoms with van der Waals surface area (Å²) in [7, 11) is 1.56. The lowest BCUT2D eigenvalue weighted by molar-refractivity contribution is -0.116. The van der Waals surface area contributed by atoms with Gasteiger partial charge in [0.25, 0.3) is 5.56 Å². The van der Waals surface area contributed by atoms with Crippen LogP contribution in [0.4, 0.5) is 11.4 Å². The van der Waals surface area contributed by atoms with Crippen LogP contribution < -0.4 is 20.9 Å². The zero-order valence-corrected chi connectivity index (χ0v) is 19.4. The molecule has 0 aliphatic heterocycles. The van der Waals surface area contributed by atoms with Crippen molar-refractivity contribution in [2.45, 2.75) is 37.1 Å². The third kappa shape index (κ3) is 6.19. The lowest BCUT2D eigenvalue weighted by Crippen LogP contribution is -2.25. The summed E-state index contributed by atoms with van der Waals surface area (Å²) < 4.78 is 5.18. The van der Waals surface area contributed by atoms with Crippen molar-refractivity contribution in [2.24, 2.45) is 0 Å². The van der Waals surface area contributed by atoms with Gasteiger partial charge in [0.15, 0.2) is 10.9 Å². The Bertz CT molecular complexity index is 1200. The number of para-hydroxylation sites is 1. The van der Waals surface area contributed by atoms with E-state index >= 15 is 0 Å². The molecule has 0 saturated carbocycles. The molecule has 172 valence electrons. The highest BCUT2D eigenvalue weighted by Gasteiger charge is 2.21. The van der Waals surface area contributed by atoms with Gasteiger partial charge in [0.05, 0.1) is 18.0 Å². The number of anilines is 2. The van der Waals surface area contributed by atoms with Gasteiger partial charge in [0, 0.05) is 23.7 Å². The van der Waals surface area contributed by atoms with E-state index in [9.17, 15) is 14.4 Å². The van der Waals surface area contributed by atoms with Gasteiger partial charge < -0.3 is 15.4 Å². The summed E-state index contributed by atoms with van der Waals surface area (Å²) in [5.74, 6) is 0.233. The molecule has 0 aliphatic carbocycles. The van der Waals surface area contributed by atoms with E-state index in [-0.39, 0.29) is 22.7 Å². The third-order valence-electron chi connectivity index (χ3n) is 4.71. The lowest BCUT2D eigenvalue weighted by atomic mass is 10.1. The second kappa shape index (κ2) is 11.3. The Labute approximate surface area is 195 Å². The topological polar surface area (TPSA) is 126 Å².